The average Bonchev–Trinajstić information content (AvgIpc) is 3.64. The standard InChI is InChI=1S/C22H27N7O5.C7H10N2O.CH4S.CH4/c1-25-22-27-15-7-12(21(24)31)9-17-19(15)29(22)13(10-34-17)4-3-5-26-18-14(28-32)6-11(20(23)30)8-16(18)33-2;1-3-9-7(5-10)4-6(2)8-9;1-2;/h6-9,13,26,28,32H,3-5,10H2,1-2H3,(H2,23,30)(H2,24,31)(H,25,27);4-5H,3H2,1-2H3;2H,1H3;1H4/p+1. The lowest BCUT2D eigenvalue weighted by Gasteiger charge is -2.27. The van der Waals surface area contributed by atoms with Crippen molar-refractivity contribution < 1.29 is 34.5 Å². The Morgan fingerprint density at radius 2 is 1.87 bits per heavy atom. The molecule has 1 aliphatic rings. The maximum atomic E-state index is 11.7. The second-order valence-electron chi connectivity index (χ2n) is 10.1. The quantitative estimate of drug-likeness (QED) is 0.0384. The number of amides is 2. The van der Waals surface area contributed by atoms with Crippen LogP contribution < -0.4 is 37.1 Å². The minimum absolute atomic E-state index is 0. The van der Waals surface area contributed by atoms with Gasteiger partial charge in [0.15, 0.2) is 12.0 Å². The van der Waals surface area contributed by atoms with E-state index in [2.05, 4.69) is 37.9 Å². The predicted octanol–water partition coefficient (Wildman–Crippen LogP) is 2.90. The van der Waals surface area contributed by atoms with Gasteiger partial charge in [0.05, 0.1) is 24.4 Å². The number of thiol groups is 1. The van der Waals surface area contributed by atoms with Crippen LogP contribution >= 0.6 is 12.6 Å². The second-order valence-corrected chi connectivity index (χ2v) is 10.1. The molecule has 2 aromatic carbocycles. The fraction of sp³-hybridized carbons (Fsp3) is 0.387. The number of carbonyl (C=O) groups excluding carboxylic acids is 3. The number of ether oxygens (including phenoxy) is 2. The molecular formula is C31H46N9O6S+. The summed E-state index contributed by atoms with van der Waals surface area (Å²) in [4.78, 5) is 38.1. The topological polar surface area (TPSA) is 218 Å². The molecule has 2 amide bonds. The molecule has 47 heavy (non-hydrogen) atoms. The molecule has 2 aromatic heterocycles. The molecule has 0 aliphatic carbocycles. The van der Waals surface area contributed by atoms with Gasteiger partial charge in [-0.2, -0.15) is 23.2 Å². The number of benzene rings is 2. The molecule has 16 heteroatoms. The van der Waals surface area contributed by atoms with Crippen molar-refractivity contribution in [2.45, 2.75) is 46.7 Å². The highest BCUT2D eigenvalue weighted by atomic mass is 32.1. The van der Waals surface area contributed by atoms with Crippen molar-refractivity contribution in [1.82, 2.24) is 19.3 Å². The van der Waals surface area contributed by atoms with E-state index >= 15 is 0 Å². The van der Waals surface area contributed by atoms with Gasteiger partial charge in [0.25, 0.3) is 0 Å². The first-order valence-electron chi connectivity index (χ1n) is 14.5. The summed E-state index contributed by atoms with van der Waals surface area (Å²) in [6, 6.07) is 8.14. The molecule has 256 valence electrons. The third-order valence-electron chi connectivity index (χ3n) is 7.20. The number of anilines is 2. The Balaban J connectivity index is 0.000000502. The Hall–Kier alpha value is -4.80. The van der Waals surface area contributed by atoms with Crippen LogP contribution in [0.4, 0.5) is 17.3 Å². The molecule has 0 saturated heterocycles. The first-order chi connectivity index (χ1) is 22.1. The Labute approximate surface area is 279 Å². The van der Waals surface area contributed by atoms with Crippen molar-refractivity contribution in [1.29, 1.82) is 0 Å². The molecule has 1 atom stereocenters. The Kier molecular flexibility index (Phi) is 14.5. The fourth-order valence-electron chi connectivity index (χ4n) is 5.15. The highest BCUT2D eigenvalue weighted by molar-refractivity contribution is 7.79. The molecule has 0 spiro atoms. The van der Waals surface area contributed by atoms with Crippen LogP contribution in [0.5, 0.6) is 11.5 Å². The number of nitrogens with two attached hydrogens (primary N) is 3. The van der Waals surface area contributed by atoms with Crippen molar-refractivity contribution in [3.05, 3.63) is 52.8 Å². The van der Waals surface area contributed by atoms with Crippen molar-refractivity contribution >= 4 is 59.1 Å². The molecule has 4 aromatic rings. The van der Waals surface area contributed by atoms with Crippen molar-refractivity contribution in [3.8, 4) is 11.5 Å². The van der Waals surface area contributed by atoms with E-state index in [4.69, 9.17) is 20.9 Å². The van der Waals surface area contributed by atoms with Crippen LogP contribution in [-0.4, -0.2) is 76.2 Å². The first-order valence-corrected chi connectivity index (χ1v) is 15.4. The molecule has 0 saturated carbocycles. The molecule has 1 aliphatic heterocycles. The van der Waals surface area contributed by atoms with Gasteiger partial charge in [-0.1, -0.05) is 7.43 Å². The molecule has 0 radical (unpaired) electrons. The number of aryl methyl sites for hydroxylation is 2. The van der Waals surface area contributed by atoms with Crippen molar-refractivity contribution in [2.75, 3.05) is 44.2 Å². The number of nitrogens with zero attached hydrogens (tertiary/aromatic N) is 4. The van der Waals surface area contributed by atoms with E-state index in [1.54, 1.807) is 36.2 Å². The maximum absolute atomic E-state index is 11.7. The molecule has 15 nitrogen and oxygen atoms in total. The first kappa shape index (κ1) is 38.4. The monoisotopic (exact) mass is 672 g/mol. The number of imidazole rings is 1. The van der Waals surface area contributed by atoms with Gasteiger partial charge >= 0.3 is 0 Å². The van der Waals surface area contributed by atoms with Gasteiger partial charge in [0.1, 0.15) is 35.0 Å². The van der Waals surface area contributed by atoms with Crippen LogP contribution in [0.2, 0.25) is 0 Å². The highest BCUT2D eigenvalue weighted by Crippen LogP contribution is 2.38. The van der Waals surface area contributed by atoms with E-state index in [0.717, 1.165) is 42.4 Å². The van der Waals surface area contributed by atoms with Gasteiger partial charge in [-0.25, -0.2) is 10.2 Å². The molecule has 5 rings (SSSR count). The number of hydrogen-bond acceptors (Lipinski definition) is 11. The lowest BCUT2D eigenvalue weighted by atomic mass is 10.1. The van der Waals surface area contributed by atoms with Crippen molar-refractivity contribution in [2.24, 2.45) is 11.5 Å². The van der Waals surface area contributed by atoms with Crippen LogP contribution in [0.25, 0.3) is 11.0 Å². The van der Waals surface area contributed by atoms with Gasteiger partial charge in [-0.15, -0.1) is 0 Å². The van der Waals surface area contributed by atoms with Crippen molar-refractivity contribution in [3.63, 3.8) is 0 Å². The number of rotatable bonds is 12. The molecule has 0 bridgehead atoms. The van der Waals surface area contributed by atoms with Crippen LogP contribution in [-0.2, 0) is 6.54 Å². The van der Waals surface area contributed by atoms with Gasteiger partial charge in [0, 0.05) is 37.3 Å². The summed E-state index contributed by atoms with van der Waals surface area (Å²) in [5.74, 6) is 0.525. The summed E-state index contributed by atoms with van der Waals surface area (Å²) in [5.41, 5.74) is 16.3. The normalized spacial score (nSPS) is 12.7. The molecule has 9 N–H and O–H groups in total. The van der Waals surface area contributed by atoms with E-state index in [9.17, 15) is 19.6 Å². The van der Waals surface area contributed by atoms with Gasteiger partial charge in [-0.05, 0) is 57.2 Å². The SMILES string of the molecule is C.CCn1nc(C)cc1C=O.CNc1nc2cc(C(N)=O)cc3c2n1C(CCCNc1c([NH2+]O)cc(C(N)=O)cc1OC)CO3.CS. The Morgan fingerprint density at radius 1 is 1.19 bits per heavy atom. The second kappa shape index (κ2) is 17.8. The zero-order valence-corrected chi connectivity index (χ0v) is 27.4. The lowest BCUT2D eigenvalue weighted by Crippen LogP contribution is -2.74. The molecular weight excluding hydrogens is 626 g/mol. The highest BCUT2D eigenvalue weighted by Gasteiger charge is 2.28. The van der Waals surface area contributed by atoms with E-state index in [1.165, 1.54) is 19.2 Å². The smallest absolute Gasteiger partial charge is 0.249 e. The Bertz CT molecular complexity index is 1660. The number of methoxy groups -OCH3 is 1. The molecule has 0 fully saturated rings. The number of aromatic nitrogens is 4. The third kappa shape index (κ3) is 8.72. The summed E-state index contributed by atoms with van der Waals surface area (Å²) in [6.07, 6.45) is 4.05. The van der Waals surface area contributed by atoms with E-state index < -0.39 is 11.8 Å². The number of carbonyl (C=O) groups is 3. The van der Waals surface area contributed by atoms with E-state index in [0.29, 0.717) is 58.7 Å². The summed E-state index contributed by atoms with van der Waals surface area (Å²) < 4.78 is 15.1. The number of hydrogen-bond donors (Lipinski definition) is 7. The fourth-order valence-corrected chi connectivity index (χ4v) is 5.15. The molecule has 3 heterocycles. The van der Waals surface area contributed by atoms with Gasteiger partial charge in [0.2, 0.25) is 17.8 Å². The van der Waals surface area contributed by atoms with Crippen LogP contribution in [0.15, 0.2) is 30.3 Å². The van der Waals surface area contributed by atoms with Gasteiger partial charge in [-0.3, -0.25) is 19.1 Å². The van der Waals surface area contributed by atoms with E-state index in [-0.39, 0.29) is 19.0 Å². The minimum atomic E-state index is -0.611. The number of quaternary nitrogens is 1. The average molecular weight is 673 g/mol. The van der Waals surface area contributed by atoms with Crippen LogP contribution in [0.1, 0.15) is 70.1 Å². The maximum Gasteiger partial charge on any atom is 0.249 e. The summed E-state index contributed by atoms with van der Waals surface area (Å²) >= 11 is 3.53. The summed E-state index contributed by atoms with van der Waals surface area (Å²) in [5, 5.41) is 20.1. The van der Waals surface area contributed by atoms with E-state index in [1.807, 2.05) is 13.8 Å². The lowest BCUT2D eigenvalue weighted by molar-refractivity contribution is -0.825. The minimum Gasteiger partial charge on any atom is -0.494 e. The third-order valence-corrected chi connectivity index (χ3v) is 7.20. The van der Waals surface area contributed by atoms with Crippen LogP contribution in [0.3, 0.4) is 0 Å². The number of aldehydes is 1. The Morgan fingerprint density at radius 3 is 2.43 bits per heavy atom. The van der Waals surface area contributed by atoms with Gasteiger partial charge < -0.3 is 36.1 Å². The zero-order valence-electron chi connectivity index (χ0n) is 26.5. The molecule has 1 unspecified atom stereocenters. The van der Waals surface area contributed by atoms with Crippen LogP contribution in [0, 0.1) is 6.92 Å². The number of primary amides is 2. The summed E-state index contributed by atoms with van der Waals surface area (Å²) in [7, 11) is 3.28. The largest absolute Gasteiger partial charge is 0.494 e. The summed E-state index contributed by atoms with van der Waals surface area (Å²) in [6.45, 7) is 5.58. The zero-order chi connectivity index (χ0) is 34.0. The number of nitrogens with one attached hydrogen (secondary N) is 2. The predicted molar refractivity (Wildman–Crippen MR) is 185 cm³/mol.